The first-order valence-corrected chi connectivity index (χ1v) is 8.62. The lowest BCUT2D eigenvalue weighted by Gasteiger charge is -2.17. The van der Waals surface area contributed by atoms with Gasteiger partial charge < -0.3 is 9.47 Å². The van der Waals surface area contributed by atoms with Crippen molar-refractivity contribution >= 4 is 21.6 Å². The van der Waals surface area contributed by atoms with E-state index in [-0.39, 0.29) is 23.0 Å². The molecule has 0 bridgehead atoms. The Balaban J connectivity index is 2.31. The Morgan fingerprint density at radius 1 is 1.24 bits per heavy atom. The topological polar surface area (TPSA) is 55.8 Å². The minimum Gasteiger partial charge on any atom is -0.377 e. The minimum absolute atomic E-state index is 0.247. The van der Waals surface area contributed by atoms with Crippen molar-refractivity contribution in [1.29, 1.82) is 0 Å². The van der Waals surface area contributed by atoms with Gasteiger partial charge in [-0.1, -0.05) is 6.07 Å². The number of sulfonamides is 1. The Morgan fingerprint density at radius 3 is 2.29 bits per heavy atom. The molecule has 0 aromatic heterocycles. The summed E-state index contributed by atoms with van der Waals surface area (Å²) in [6, 6.07) is 5.03. The Labute approximate surface area is 130 Å². The molecule has 0 radical (unpaired) electrons. The molecule has 2 unspecified atom stereocenters. The summed E-state index contributed by atoms with van der Waals surface area (Å²) >= 11 is 5.86. The van der Waals surface area contributed by atoms with Crippen LogP contribution in [-0.2, 0) is 25.4 Å². The largest absolute Gasteiger partial charge is 0.377 e. The molecular weight excluding hydrogens is 314 g/mol. The number of nitrogens with zero attached hydrogens (tertiary/aromatic N) is 1. The highest BCUT2D eigenvalue weighted by Crippen LogP contribution is 2.25. The summed E-state index contributed by atoms with van der Waals surface area (Å²) in [6.07, 6.45) is -0.495. The van der Waals surface area contributed by atoms with Crippen LogP contribution in [0.25, 0.3) is 0 Å². The first-order valence-electron chi connectivity index (χ1n) is 6.65. The highest BCUT2D eigenvalue weighted by Gasteiger charge is 2.39. The molecule has 1 aliphatic heterocycles. The molecular formula is C14H20ClNO4S. The van der Waals surface area contributed by atoms with Gasteiger partial charge in [0.1, 0.15) is 0 Å². The van der Waals surface area contributed by atoms with Crippen LogP contribution in [0.4, 0.5) is 0 Å². The lowest BCUT2D eigenvalue weighted by atomic mass is 10.1. The zero-order valence-electron chi connectivity index (χ0n) is 12.4. The molecule has 5 nitrogen and oxygen atoms in total. The molecule has 118 valence electrons. The summed E-state index contributed by atoms with van der Waals surface area (Å²) in [4.78, 5) is 0.260. The Hall–Kier alpha value is -0.660. The second-order valence-electron chi connectivity index (χ2n) is 5.09. The molecule has 1 fully saturated rings. The quantitative estimate of drug-likeness (QED) is 0.771. The van der Waals surface area contributed by atoms with Crippen molar-refractivity contribution in [2.45, 2.75) is 29.9 Å². The van der Waals surface area contributed by atoms with E-state index >= 15 is 0 Å². The van der Waals surface area contributed by atoms with Gasteiger partial charge in [0.2, 0.25) is 10.0 Å². The zero-order chi connectivity index (χ0) is 15.6. The van der Waals surface area contributed by atoms with Crippen molar-refractivity contribution in [3.05, 3.63) is 29.3 Å². The molecule has 21 heavy (non-hydrogen) atoms. The standard InChI is InChI=1S/C14H20ClNO4S/c1-10-4-5-12(6-11(10)7-15)21(17,18)16-8-13(19-2)14(9-16)20-3/h4-6,13-14H,7-9H2,1-3H3. The number of hydrogen-bond acceptors (Lipinski definition) is 4. The van der Waals surface area contributed by atoms with Gasteiger partial charge in [0.05, 0.1) is 17.1 Å². The Kier molecular flexibility index (Phi) is 5.27. The predicted octanol–water partition coefficient (Wildman–Crippen LogP) is 1.77. The number of halogens is 1. The minimum atomic E-state index is -3.56. The molecule has 1 heterocycles. The third-order valence-electron chi connectivity index (χ3n) is 3.89. The smallest absolute Gasteiger partial charge is 0.243 e. The average Bonchev–Trinajstić information content (AvgIpc) is 2.91. The third kappa shape index (κ3) is 3.24. The maximum atomic E-state index is 12.7. The van der Waals surface area contributed by atoms with E-state index in [1.807, 2.05) is 6.92 Å². The Morgan fingerprint density at radius 2 is 1.81 bits per heavy atom. The van der Waals surface area contributed by atoms with Gasteiger partial charge in [0.15, 0.2) is 0 Å². The monoisotopic (exact) mass is 333 g/mol. The van der Waals surface area contributed by atoms with Crippen LogP contribution >= 0.6 is 11.6 Å². The molecule has 0 spiro atoms. The van der Waals surface area contributed by atoms with Crippen molar-refractivity contribution < 1.29 is 17.9 Å². The summed E-state index contributed by atoms with van der Waals surface area (Å²) in [5.41, 5.74) is 1.80. The normalized spacial score (nSPS) is 23.6. The molecule has 0 saturated carbocycles. The first-order chi connectivity index (χ1) is 9.93. The van der Waals surface area contributed by atoms with Gasteiger partial charge in [-0.2, -0.15) is 4.31 Å². The summed E-state index contributed by atoms with van der Waals surface area (Å²) in [6.45, 7) is 2.49. The third-order valence-corrected chi connectivity index (χ3v) is 6.01. The van der Waals surface area contributed by atoms with Crippen LogP contribution < -0.4 is 0 Å². The van der Waals surface area contributed by atoms with Crippen LogP contribution in [0.15, 0.2) is 23.1 Å². The molecule has 2 atom stereocenters. The number of methoxy groups -OCH3 is 2. The summed E-state index contributed by atoms with van der Waals surface area (Å²) in [7, 11) is -0.440. The van der Waals surface area contributed by atoms with Crippen molar-refractivity contribution in [3.8, 4) is 0 Å². The average molecular weight is 334 g/mol. The number of ether oxygens (including phenoxy) is 2. The van der Waals surface area contributed by atoms with E-state index < -0.39 is 10.0 Å². The van der Waals surface area contributed by atoms with Gasteiger partial charge >= 0.3 is 0 Å². The molecule has 1 aromatic carbocycles. The number of alkyl halides is 1. The molecule has 0 N–H and O–H groups in total. The summed E-state index contributed by atoms with van der Waals surface area (Å²) in [5, 5.41) is 0. The summed E-state index contributed by atoms with van der Waals surface area (Å²) in [5.74, 6) is 0.288. The highest BCUT2D eigenvalue weighted by atomic mass is 35.5. The lowest BCUT2D eigenvalue weighted by molar-refractivity contribution is -0.00461. The summed E-state index contributed by atoms with van der Waals surface area (Å²) < 4.78 is 37.4. The predicted molar refractivity (Wildman–Crippen MR) is 81.1 cm³/mol. The SMILES string of the molecule is COC1CN(S(=O)(=O)c2ccc(C)c(CCl)c2)CC1OC. The van der Waals surface area contributed by atoms with Crippen LogP contribution in [0.5, 0.6) is 0 Å². The fourth-order valence-corrected chi connectivity index (χ4v) is 4.26. The first kappa shape index (κ1) is 16.7. The van der Waals surface area contributed by atoms with E-state index in [1.165, 1.54) is 4.31 Å². The highest BCUT2D eigenvalue weighted by molar-refractivity contribution is 7.89. The van der Waals surface area contributed by atoms with Crippen molar-refractivity contribution in [2.75, 3.05) is 27.3 Å². The molecule has 1 saturated heterocycles. The lowest BCUT2D eigenvalue weighted by Crippen LogP contribution is -2.30. The fraction of sp³-hybridized carbons (Fsp3) is 0.571. The van der Waals surface area contributed by atoms with Gasteiger partial charge in [-0.25, -0.2) is 8.42 Å². The van der Waals surface area contributed by atoms with Gasteiger partial charge in [0.25, 0.3) is 0 Å². The second-order valence-corrected chi connectivity index (χ2v) is 7.30. The molecule has 0 aliphatic carbocycles. The van der Waals surface area contributed by atoms with Gasteiger partial charge in [-0.3, -0.25) is 0 Å². The molecule has 2 rings (SSSR count). The van der Waals surface area contributed by atoms with Gasteiger partial charge in [-0.15, -0.1) is 11.6 Å². The molecule has 1 aromatic rings. The van der Waals surface area contributed by atoms with E-state index in [1.54, 1.807) is 32.4 Å². The maximum Gasteiger partial charge on any atom is 0.243 e. The van der Waals surface area contributed by atoms with Crippen LogP contribution in [0, 0.1) is 6.92 Å². The second kappa shape index (κ2) is 6.62. The van der Waals surface area contributed by atoms with E-state index in [0.29, 0.717) is 13.1 Å². The van der Waals surface area contributed by atoms with Crippen LogP contribution in [0.1, 0.15) is 11.1 Å². The van der Waals surface area contributed by atoms with Crippen molar-refractivity contribution in [3.63, 3.8) is 0 Å². The van der Waals surface area contributed by atoms with E-state index in [2.05, 4.69) is 0 Å². The van der Waals surface area contributed by atoms with Crippen LogP contribution in [0.3, 0.4) is 0 Å². The van der Waals surface area contributed by atoms with Crippen LogP contribution in [0.2, 0.25) is 0 Å². The van der Waals surface area contributed by atoms with Crippen molar-refractivity contribution in [1.82, 2.24) is 4.31 Å². The molecule has 0 amide bonds. The number of benzene rings is 1. The number of rotatable bonds is 5. The maximum absolute atomic E-state index is 12.7. The Bertz CT molecular complexity index is 593. The van der Waals surface area contributed by atoms with E-state index in [9.17, 15) is 8.42 Å². The molecule has 7 heteroatoms. The van der Waals surface area contributed by atoms with Crippen LogP contribution in [-0.4, -0.2) is 52.2 Å². The fourth-order valence-electron chi connectivity index (χ4n) is 2.46. The number of aryl methyl sites for hydroxylation is 1. The van der Waals surface area contributed by atoms with Crippen molar-refractivity contribution in [2.24, 2.45) is 0 Å². The number of hydrogen-bond donors (Lipinski definition) is 0. The van der Waals surface area contributed by atoms with E-state index in [4.69, 9.17) is 21.1 Å². The van der Waals surface area contributed by atoms with E-state index in [0.717, 1.165) is 11.1 Å². The van der Waals surface area contributed by atoms with Gasteiger partial charge in [0, 0.05) is 33.2 Å². The molecule has 1 aliphatic rings. The zero-order valence-corrected chi connectivity index (χ0v) is 13.9. The van der Waals surface area contributed by atoms with Gasteiger partial charge in [-0.05, 0) is 30.2 Å².